The molecule has 3 heterocycles. The molecule has 0 saturated heterocycles. The van der Waals surface area contributed by atoms with Gasteiger partial charge in [0, 0.05) is 0 Å². The molecule has 1 aliphatic heterocycles. The van der Waals surface area contributed by atoms with Crippen molar-refractivity contribution < 1.29 is 19.4 Å². The lowest BCUT2D eigenvalue weighted by molar-refractivity contribution is -0.117. The van der Waals surface area contributed by atoms with E-state index in [2.05, 4.69) is 15.2 Å². The molecule has 0 bridgehead atoms. The van der Waals surface area contributed by atoms with Crippen LogP contribution in [-0.2, 0) is 4.79 Å². The van der Waals surface area contributed by atoms with Crippen molar-refractivity contribution in [2.45, 2.75) is 33.7 Å². The van der Waals surface area contributed by atoms with Gasteiger partial charge in [-0.3, -0.25) is 14.5 Å². The van der Waals surface area contributed by atoms with E-state index < -0.39 is 23.5 Å². The van der Waals surface area contributed by atoms with Gasteiger partial charge in [-0.1, -0.05) is 23.5 Å². The van der Waals surface area contributed by atoms with Gasteiger partial charge in [0.15, 0.2) is 5.76 Å². The number of aromatic nitrogens is 3. The van der Waals surface area contributed by atoms with Crippen LogP contribution in [0.15, 0.2) is 35.6 Å². The maximum atomic E-state index is 13.5. The summed E-state index contributed by atoms with van der Waals surface area (Å²) in [6.07, 6.45) is 0. The zero-order valence-electron chi connectivity index (χ0n) is 17.4. The number of thiazole rings is 1. The maximum absolute atomic E-state index is 13.5. The average molecular weight is 457 g/mol. The highest BCUT2D eigenvalue weighted by atomic mass is 32.1. The van der Waals surface area contributed by atoms with Gasteiger partial charge < -0.3 is 9.84 Å². The number of anilines is 1. The number of Topliss-reactive ketones (excluding diaryl/α,β-unsaturated/α-hetero) is 1. The predicted molar refractivity (Wildman–Crippen MR) is 118 cm³/mol. The van der Waals surface area contributed by atoms with Crippen LogP contribution in [0.1, 0.15) is 43.9 Å². The summed E-state index contributed by atoms with van der Waals surface area (Å²) in [5, 5.41) is 20.6. The van der Waals surface area contributed by atoms with Crippen molar-refractivity contribution in [2.24, 2.45) is 0 Å². The largest absolute Gasteiger partial charge is 0.503 e. The van der Waals surface area contributed by atoms with Crippen molar-refractivity contribution in [3.05, 3.63) is 61.7 Å². The molecule has 1 aromatic carbocycles. The number of ether oxygens (including phenoxy) is 1. The monoisotopic (exact) mass is 456 g/mol. The molecule has 0 spiro atoms. The van der Waals surface area contributed by atoms with Crippen LogP contribution >= 0.6 is 22.7 Å². The smallest absolute Gasteiger partial charge is 0.296 e. The third-order valence-electron chi connectivity index (χ3n) is 4.79. The van der Waals surface area contributed by atoms with Gasteiger partial charge in [0.25, 0.3) is 5.91 Å². The van der Waals surface area contributed by atoms with E-state index in [9.17, 15) is 14.7 Å². The number of carbonyl (C=O) groups is 2. The van der Waals surface area contributed by atoms with E-state index >= 15 is 0 Å². The Morgan fingerprint density at radius 1 is 1.13 bits per heavy atom. The van der Waals surface area contributed by atoms with Crippen molar-refractivity contribution >= 4 is 39.5 Å². The number of aliphatic hydroxyl groups is 1. The second-order valence-corrected chi connectivity index (χ2v) is 9.29. The minimum Gasteiger partial charge on any atom is -0.503 e. The third kappa shape index (κ3) is 3.72. The van der Waals surface area contributed by atoms with Gasteiger partial charge in [-0.2, -0.15) is 0 Å². The van der Waals surface area contributed by atoms with E-state index in [4.69, 9.17) is 4.74 Å². The summed E-state index contributed by atoms with van der Waals surface area (Å²) in [5.41, 5.74) is 1.22. The van der Waals surface area contributed by atoms with Crippen LogP contribution in [0, 0.1) is 20.8 Å². The molecular formula is C21H20N4O4S2. The minimum atomic E-state index is -0.843. The van der Waals surface area contributed by atoms with Crippen molar-refractivity contribution in [1.82, 2.24) is 15.2 Å². The fourth-order valence-corrected chi connectivity index (χ4v) is 5.10. The Balaban J connectivity index is 1.85. The standard InChI is InChI=1S/C21H20N4O4S2/c1-5-29-14-8-6-13(7-9-14)16-15(17(26)19-10(2)22-11(3)30-19)18(27)20(28)25(16)21-24-23-12(4)31-21/h6-9,16,27H,5H2,1-4H3. The zero-order chi connectivity index (χ0) is 22.3. The van der Waals surface area contributed by atoms with Crippen LogP contribution in [0.3, 0.4) is 0 Å². The molecule has 0 aliphatic carbocycles. The molecular weight excluding hydrogens is 436 g/mol. The molecule has 0 fully saturated rings. The average Bonchev–Trinajstić information content (AvgIpc) is 3.38. The molecule has 3 aromatic rings. The number of rotatable bonds is 6. The first kappa shape index (κ1) is 21.1. The Labute approximate surface area is 186 Å². The summed E-state index contributed by atoms with van der Waals surface area (Å²) in [6, 6.07) is 6.25. The highest BCUT2D eigenvalue weighted by molar-refractivity contribution is 7.15. The topological polar surface area (TPSA) is 106 Å². The fourth-order valence-electron chi connectivity index (χ4n) is 3.51. The Morgan fingerprint density at radius 3 is 2.39 bits per heavy atom. The molecule has 1 N–H and O–H groups in total. The lowest BCUT2D eigenvalue weighted by Gasteiger charge is -2.24. The molecule has 1 aliphatic rings. The van der Waals surface area contributed by atoms with Crippen molar-refractivity contribution in [3.8, 4) is 5.75 Å². The molecule has 0 saturated carbocycles. The number of aryl methyl sites for hydroxylation is 3. The van der Waals surface area contributed by atoms with Crippen LogP contribution in [0.25, 0.3) is 0 Å². The number of benzene rings is 1. The first-order valence-corrected chi connectivity index (χ1v) is 11.2. The molecule has 4 rings (SSSR count). The van der Waals surface area contributed by atoms with E-state index in [0.717, 1.165) is 5.01 Å². The van der Waals surface area contributed by atoms with E-state index in [0.29, 0.717) is 38.6 Å². The number of carbonyl (C=O) groups excluding carboxylic acids is 2. The summed E-state index contributed by atoms with van der Waals surface area (Å²) in [7, 11) is 0. The molecule has 10 heteroatoms. The summed E-state index contributed by atoms with van der Waals surface area (Å²) in [6.45, 7) is 7.73. The zero-order valence-corrected chi connectivity index (χ0v) is 19.0. The number of ketones is 1. The van der Waals surface area contributed by atoms with E-state index in [1.54, 1.807) is 38.1 Å². The Morgan fingerprint density at radius 2 is 1.84 bits per heavy atom. The number of aliphatic hydroxyl groups excluding tert-OH is 1. The number of amides is 1. The first-order valence-electron chi connectivity index (χ1n) is 9.60. The third-order valence-corrected chi connectivity index (χ3v) is 6.70. The lowest BCUT2D eigenvalue weighted by atomic mass is 9.95. The fraction of sp³-hybridized carbons (Fsp3) is 0.286. The van der Waals surface area contributed by atoms with Gasteiger partial charge in [0.1, 0.15) is 10.8 Å². The van der Waals surface area contributed by atoms with E-state index in [-0.39, 0.29) is 5.57 Å². The Hall–Kier alpha value is -3.11. The summed E-state index contributed by atoms with van der Waals surface area (Å²) in [5.74, 6) is -1.01. The van der Waals surface area contributed by atoms with Crippen molar-refractivity contribution in [2.75, 3.05) is 11.5 Å². The molecule has 160 valence electrons. The predicted octanol–water partition coefficient (Wildman–Crippen LogP) is 4.10. The molecule has 31 heavy (non-hydrogen) atoms. The highest BCUT2D eigenvalue weighted by Gasteiger charge is 2.46. The molecule has 1 unspecified atom stereocenters. The second-order valence-electron chi connectivity index (χ2n) is 6.92. The first-order chi connectivity index (χ1) is 14.8. The molecule has 1 amide bonds. The van der Waals surface area contributed by atoms with Crippen LogP contribution in [-0.4, -0.2) is 38.6 Å². The van der Waals surface area contributed by atoms with E-state index in [1.165, 1.54) is 27.6 Å². The molecule has 0 radical (unpaired) electrons. The molecule has 8 nitrogen and oxygen atoms in total. The molecule has 2 aromatic heterocycles. The van der Waals surface area contributed by atoms with E-state index in [1.807, 2.05) is 13.8 Å². The van der Waals surface area contributed by atoms with Gasteiger partial charge in [-0.25, -0.2) is 4.98 Å². The Bertz CT molecular complexity index is 1200. The van der Waals surface area contributed by atoms with Crippen molar-refractivity contribution in [1.29, 1.82) is 0 Å². The highest BCUT2D eigenvalue weighted by Crippen LogP contribution is 2.43. The second kappa shape index (κ2) is 8.20. The number of nitrogens with zero attached hydrogens (tertiary/aromatic N) is 4. The van der Waals surface area contributed by atoms with Gasteiger partial charge in [0.05, 0.1) is 33.8 Å². The van der Waals surface area contributed by atoms with Crippen LogP contribution in [0.2, 0.25) is 0 Å². The molecule has 1 atom stereocenters. The quantitative estimate of drug-likeness (QED) is 0.557. The van der Waals surface area contributed by atoms with Crippen LogP contribution in [0.4, 0.5) is 5.13 Å². The maximum Gasteiger partial charge on any atom is 0.296 e. The van der Waals surface area contributed by atoms with Crippen molar-refractivity contribution in [3.63, 3.8) is 0 Å². The Kier molecular flexibility index (Phi) is 5.59. The lowest BCUT2D eigenvalue weighted by Crippen LogP contribution is -2.31. The number of hydrogen-bond donors (Lipinski definition) is 1. The van der Waals surface area contributed by atoms with Crippen LogP contribution in [0.5, 0.6) is 5.75 Å². The summed E-state index contributed by atoms with van der Waals surface area (Å²) in [4.78, 5) is 32.6. The SMILES string of the molecule is CCOc1ccc(C2C(C(=O)c3sc(C)nc3C)=C(O)C(=O)N2c2nnc(C)s2)cc1. The summed E-state index contributed by atoms with van der Waals surface area (Å²) >= 11 is 2.46. The normalized spacial score (nSPS) is 16.3. The van der Waals surface area contributed by atoms with Gasteiger partial charge in [0.2, 0.25) is 10.9 Å². The van der Waals surface area contributed by atoms with Gasteiger partial charge in [-0.05, 0) is 45.4 Å². The van der Waals surface area contributed by atoms with Gasteiger partial charge >= 0.3 is 0 Å². The van der Waals surface area contributed by atoms with Gasteiger partial charge in [-0.15, -0.1) is 21.5 Å². The minimum absolute atomic E-state index is 0.00811. The number of hydrogen-bond acceptors (Lipinski definition) is 9. The summed E-state index contributed by atoms with van der Waals surface area (Å²) < 4.78 is 5.51. The van der Waals surface area contributed by atoms with Crippen LogP contribution < -0.4 is 9.64 Å².